The second-order valence-corrected chi connectivity index (χ2v) is 8.05. The van der Waals surface area contributed by atoms with Crippen LogP contribution in [0.1, 0.15) is 40.0 Å². The highest BCUT2D eigenvalue weighted by molar-refractivity contribution is 6.23. The molecule has 1 aliphatic carbocycles. The highest BCUT2D eigenvalue weighted by Gasteiger charge is 2.45. The zero-order chi connectivity index (χ0) is 23.0. The number of fused-ring (bicyclic) bond motifs is 1. The van der Waals surface area contributed by atoms with Gasteiger partial charge in [0.05, 0.1) is 17.0 Å². The van der Waals surface area contributed by atoms with Crippen molar-refractivity contribution in [2.45, 2.75) is 31.4 Å². The molecule has 32 heavy (non-hydrogen) atoms. The number of hydrogen-bond acceptors (Lipinski definition) is 8. The monoisotopic (exact) mass is 443 g/mol. The molecule has 11 nitrogen and oxygen atoms in total. The fourth-order valence-corrected chi connectivity index (χ4v) is 4.00. The molecule has 2 aliphatic heterocycles. The fourth-order valence-electron chi connectivity index (χ4n) is 4.00. The zero-order valence-electron chi connectivity index (χ0n) is 16.9. The van der Waals surface area contributed by atoms with E-state index in [1.54, 1.807) is 0 Å². The average Bonchev–Trinajstić information content (AvgIpc) is 3.49. The van der Waals surface area contributed by atoms with Gasteiger partial charge in [0.1, 0.15) is 11.8 Å². The first-order chi connectivity index (χ1) is 15.3. The molecule has 0 spiro atoms. The van der Waals surface area contributed by atoms with Crippen molar-refractivity contribution in [2.75, 3.05) is 13.1 Å². The third kappa shape index (κ3) is 4.11. The van der Waals surface area contributed by atoms with Gasteiger partial charge in [-0.15, -0.1) is 0 Å². The van der Waals surface area contributed by atoms with Crippen molar-refractivity contribution in [3.05, 3.63) is 29.3 Å². The van der Waals surface area contributed by atoms with E-state index in [1.807, 2.05) is 0 Å². The first-order valence-electron chi connectivity index (χ1n) is 10.2. The van der Waals surface area contributed by atoms with Crippen LogP contribution >= 0.6 is 0 Å². The van der Waals surface area contributed by atoms with Gasteiger partial charge in [-0.2, -0.15) is 0 Å². The Morgan fingerprint density at radius 2 is 2.00 bits per heavy atom. The quantitative estimate of drug-likeness (QED) is 0.333. The van der Waals surface area contributed by atoms with Crippen LogP contribution in [-0.2, 0) is 19.2 Å². The predicted molar refractivity (Wildman–Crippen MR) is 106 cm³/mol. The number of nitrogens with one attached hydrogen (secondary N) is 2. The first kappa shape index (κ1) is 21.6. The number of benzene rings is 1. The summed E-state index contributed by atoms with van der Waals surface area (Å²) >= 11 is 0. The summed E-state index contributed by atoms with van der Waals surface area (Å²) in [6.45, 7) is 0.599. The molecule has 1 saturated heterocycles. The number of carbonyl (C=O) groups is 6. The molecule has 0 radical (unpaired) electrons. The molecule has 2 fully saturated rings. The van der Waals surface area contributed by atoms with E-state index in [9.17, 15) is 28.8 Å². The molecule has 4 amide bonds. The molecule has 1 aromatic rings. The third-order valence-corrected chi connectivity index (χ3v) is 5.84. The highest BCUT2D eigenvalue weighted by atomic mass is 16.5. The van der Waals surface area contributed by atoms with Crippen LogP contribution in [0.4, 0.5) is 0 Å². The Balaban J connectivity index is 1.39. The molecule has 4 rings (SSSR count). The molecule has 1 aromatic carbocycles. The van der Waals surface area contributed by atoms with Gasteiger partial charge in [0.15, 0.2) is 12.4 Å². The Morgan fingerprint density at radius 1 is 1.25 bits per heavy atom. The molecule has 2 heterocycles. The van der Waals surface area contributed by atoms with Gasteiger partial charge in [-0.1, -0.05) is 0 Å². The molecule has 0 aromatic heterocycles. The number of hydrogen-bond donors (Lipinski definition) is 3. The maximum atomic E-state index is 12.8. The van der Waals surface area contributed by atoms with Gasteiger partial charge in [-0.05, 0) is 43.5 Å². The maximum absolute atomic E-state index is 12.8. The van der Waals surface area contributed by atoms with Crippen LogP contribution in [0, 0.1) is 11.8 Å². The summed E-state index contributed by atoms with van der Waals surface area (Å²) in [5.74, 6) is -3.40. The first-order valence-corrected chi connectivity index (χ1v) is 10.2. The van der Waals surface area contributed by atoms with E-state index in [-0.39, 0.29) is 48.1 Å². The smallest absolute Gasteiger partial charge is 0.306 e. The van der Waals surface area contributed by atoms with Crippen LogP contribution in [0.5, 0.6) is 5.75 Å². The summed E-state index contributed by atoms with van der Waals surface area (Å²) in [5, 5.41) is 14.1. The van der Waals surface area contributed by atoms with E-state index in [0.29, 0.717) is 19.3 Å². The lowest BCUT2D eigenvalue weighted by atomic mass is 10.0. The van der Waals surface area contributed by atoms with Crippen LogP contribution < -0.4 is 15.4 Å². The van der Waals surface area contributed by atoms with E-state index in [1.165, 1.54) is 18.2 Å². The number of nitrogens with zero attached hydrogens (tertiary/aromatic N) is 1. The molecule has 11 heteroatoms. The van der Waals surface area contributed by atoms with Gasteiger partial charge in [0.2, 0.25) is 11.8 Å². The standard InChI is InChI=1S/C21H21N3O8/c25-9-12(8-22-7-10-5-14(10)21(30)31)32-11-1-2-13-15(6-11)20(29)24(19(13)28)16-3-4-17(26)23-18(16)27/h1-2,6,9-10,12,14,16,22H,3-5,7-8H2,(H,30,31)(H,23,26,27). The Hall–Kier alpha value is -3.60. The second kappa shape index (κ2) is 8.50. The van der Waals surface area contributed by atoms with Gasteiger partial charge < -0.3 is 15.2 Å². The van der Waals surface area contributed by atoms with Crippen molar-refractivity contribution in [1.29, 1.82) is 0 Å². The number of aldehydes is 1. The molecular formula is C21H21N3O8. The number of rotatable bonds is 9. The fraction of sp³-hybridized carbons (Fsp3) is 0.429. The van der Waals surface area contributed by atoms with Gasteiger partial charge in [0.25, 0.3) is 11.8 Å². The number of carbonyl (C=O) groups excluding carboxylic acids is 5. The minimum atomic E-state index is -1.06. The van der Waals surface area contributed by atoms with Gasteiger partial charge >= 0.3 is 5.97 Å². The molecule has 4 atom stereocenters. The minimum absolute atomic E-state index is 0.0280. The van der Waals surface area contributed by atoms with Crippen molar-refractivity contribution in [2.24, 2.45) is 11.8 Å². The lowest BCUT2D eigenvalue weighted by molar-refractivity contribution is -0.139. The van der Waals surface area contributed by atoms with E-state index in [2.05, 4.69) is 10.6 Å². The summed E-state index contributed by atoms with van der Waals surface area (Å²) in [6, 6.07) is 3.14. The normalized spacial score (nSPS) is 25.2. The zero-order valence-corrected chi connectivity index (χ0v) is 16.9. The number of amides is 4. The van der Waals surface area contributed by atoms with Crippen molar-refractivity contribution >= 4 is 35.9 Å². The van der Waals surface area contributed by atoms with Crippen molar-refractivity contribution in [1.82, 2.24) is 15.5 Å². The SMILES string of the molecule is O=CC(CNCC1CC1C(=O)O)Oc1ccc2c(c1)C(=O)N(C1CCC(=O)NC1=O)C2=O. The van der Waals surface area contributed by atoms with Crippen LogP contribution in [-0.4, -0.2) is 71.1 Å². The Bertz CT molecular complexity index is 1020. The number of ether oxygens (including phenoxy) is 1. The Morgan fingerprint density at radius 3 is 2.66 bits per heavy atom. The van der Waals surface area contributed by atoms with Gasteiger partial charge in [-0.3, -0.25) is 39.0 Å². The Kier molecular flexibility index (Phi) is 5.74. The number of imide groups is 2. The summed E-state index contributed by atoms with van der Waals surface area (Å²) in [6.07, 6.45) is 0.389. The lowest BCUT2D eigenvalue weighted by Gasteiger charge is -2.27. The van der Waals surface area contributed by atoms with Crippen LogP contribution in [0.15, 0.2) is 18.2 Å². The van der Waals surface area contributed by atoms with Crippen molar-refractivity contribution < 1.29 is 38.6 Å². The predicted octanol–water partition coefficient (Wildman–Crippen LogP) is -0.656. The maximum Gasteiger partial charge on any atom is 0.306 e. The van der Waals surface area contributed by atoms with E-state index < -0.39 is 41.7 Å². The summed E-state index contributed by atoms with van der Waals surface area (Å²) in [4.78, 5) is 72.1. The molecule has 4 unspecified atom stereocenters. The topological polar surface area (TPSA) is 159 Å². The lowest BCUT2D eigenvalue weighted by Crippen LogP contribution is -2.54. The van der Waals surface area contributed by atoms with Gasteiger partial charge in [-0.25, -0.2) is 0 Å². The third-order valence-electron chi connectivity index (χ3n) is 5.84. The van der Waals surface area contributed by atoms with Crippen LogP contribution in [0.3, 0.4) is 0 Å². The number of piperidine rings is 1. The molecule has 168 valence electrons. The molecule has 3 aliphatic rings. The minimum Gasteiger partial charge on any atom is -0.482 e. The molecular weight excluding hydrogens is 422 g/mol. The van der Waals surface area contributed by atoms with Crippen LogP contribution in [0.25, 0.3) is 0 Å². The Labute approximate surface area is 182 Å². The van der Waals surface area contributed by atoms with E-state index >= 15 is 0 Å². The largest absolute Gasteiger partial charge is 0.482 e. The summed E-state index contributed by atoms with van der Waals surface area (Å²) < 4.78 is 5.61. The highest BCUT2D eigenvalue weighted by Crippen LogP contribution is 2.37. The number of carboxylic acids is 1. The second-order valence-electron chi connectivity index (χ2n) is 8.05. The van der Waals surface area contributed by atoms with Crippen molar-refractivity contribution in [3.63, 3.8) is 0 Å². The molecule has 0 bridgehead atoms. The van der Waals surface area contributed by atoms with E-state index in [0.717, 1.165) is 4.90 Å². The molecule has 3 N–H and O–H groups in total. The number of carboxylic acid groups (broad SMARTS) is 1. The average molecular weight is 443 g/mol. The summed E-state index contributed by atoms with van der Waals surface area (Å²) in [5.41, 5.74) is 0.165. The van der Waals surface area contributed by atoms with Gasteiger partial charge in [0, 0.05) is 13.0 Å². The number of aliphatic carboxylic acids is 1. The molecule has 1 saturated carbocycles. The van der Waals surface area contributed by atoms with Crippen LogP contribution in [0.2, 0.25) is 0 Å². The van der Waals surface area contributed by atoms with Crippen molar-refractivity contribution in [3.8, 4) is 5.75 Å². The summed E-state index contributed by atoms with van der Waals surface area (Å²) in [7, 11) is 0. The van der Waals surface area contributed by atoms with E-state index in [4.69, 9.17) is 9.84 Å².